The smallest absolute Gasteiger partial charge is 0.141 e. The van der Waals surface area contributed by atoms with E-state index in [2.05, 4.69) is 50.9 Å². The van der Waals surface area contributed by atoms with Crippen LogP contribution in [0.25, 0.3) is 0 Å². The number of likely N-dealkylation sites (N-methyl/N-ethyl adjacent to an activating group) is 1. The van der Waals surface area contributed by atoms with Crippen molar-refractivity contribution in [1.29, 1.82) is 0 Å². The highest BCUT2D eigenvalue weighted by atomic mass is 16.5. The van der Waals surface area contributed by atoms with Crippen molar-refractivity contribution in [3.05, 3.63) is 17.5 Å². The molecule has 1 aromatic heterocycles. The van der Waals surface area contributed by atoms with E-state index in [4.69, 9.17) is 4.52 Å². The van der Waals surface area contributed by atoms with Crippen molar-refractivity contribution < 1.29 is 4.52 Å². The molecule has 3 heterocycles. The van der Waals surface area contributed by atoms with Gasteiger partial charge in [-0.2, -0.15) is 0 Å². The topological polar surface area (TPSA) is 29.3 Å². The molecule has 1 saturated carbocycles. The van der Waals surface area contributed by atoms with E-state index in [0.717, 1.165) is 29.5 Å². The highest BCUT2D eigenvalue weighted by molar-refractivity contribution is 5.21. The van der Waals surface area contributed by atoms with Gasteiger partial charge < -0.3 is 4.52 Å². The van der Waals surface area contributed by atoms with Crippen LogP contribution >= 0.6 is 0 Å². The van der Waals surface area contributed by atoms with Gasteiger partial charge in [0.05, 0.1) is 5.69 Å². The summed E-state index contributed by atoms with van der Waals surface area (Å²) in [6.07, 6.45) is 9.75. The largest absolute Gasteiger partial charge is 0.361 e. The first kappa shape index (κ1) is 17.6. The van der Waals surface area contributed by atoms with Gasteiger partial charge in [-0.3, -0.25) is 4.90 Å². The van der Waals surface area contributed by atoms with Gasteiger partial charge in [0.25, 0.3) is 0 Å². The van der Waals surface area contributed by atoms with Crippen molar-refractivity contribution >= 4 is 0 Å². The SMILES string of the molecule is CC1CCC([C@H]2C[C@H]3CCC([C@H]2c2cc(C(C)(C)C)no2)N3C)CC1. The van der Waals surface area contributed by atoms with Gasteiger partial charge in [-0.15, -0.1) is 0 Å². The van der Waals surface area contributed by atoms with Crippen molar-refractivity contribution in [1.82, 2.24) is 10.1 Å². The van der Waals surface area contributed by atoms with Gasteiger partial charge >= 0.3 is 0 Å². The molecule has 0 spiro atoms. The van der Waals surface area contributed by atoms with E-state index in [1.54, 1.807) is 0 Å². The Bertz CT molecular complexity index is 593. The van der Waals surface area contributed by atoms with Crippen LogP contribution in [0, 0.1) is 17.8 Å². The minimum absolute atomic E-state index is 0.0658. The van der Waals surface area contributed by atoms with Crippen molar-refractivity contribution in [2.45, 2.75) is 96.1 Å². The van der Waals surface area contributed by atoms with Crippen LogP contribution in [0.15, 0.2) is 10.6 Å². The van der Waals surface area contributed by atoms with E-state index in [1.807, 2.05) is 0 Å². The number of hydrogen-bond acceptors (Lipinski definition) is 3. The molecule has 3 aliphatic rings. The van der Waals surface area contributed by atoms with Crippen LogP contribution < -0.4 is 0 Å². The Morgan fingerprint density at radius 1 is 1.08 bits per heavy atom. The first-order valence-corrected chi connectivity index (χ1v) is 10.5. The summed E-state index contributed by atoms with van der Waals surface area (Å²) in [5.41, 5.74) is 1.18. The summed E-state index contributed by atoms with van der Waals surface area (Å²) in [5, 5.41) is 4.47. The standard InChI is InChI=1S/C22H36N2O/c1-14-6-8-15(9-7-14)17-12-16-10-11-18(24(16)5)21(17)19-13-20(23-25-19)22(2,3)4/h13-18,21H,6-12H2,1-5H3/t14?,15?,16-,17-,18?,21+/m1/s1. The van der Waals surface area contributed by atoms with E-state index in [0.29, 0.717) is 12.0 Å². The Morgan fingerprint density at radius 3 is 2.44 bits per heavy atom. The van der Waals surface area contributed by atoms with Crippen LogP contribution in [0.5, 0.6) is 0 Å². The van der Waals surface area contributed by atoms with Crippen LogP contribution in [-0.2, 0) is 5.41 Å². The van der Waals surface area contributed by atoms with Gasteiger partial charge in [0.15, 0.2) is 0 Å². The predicted molar refractivity (Wildman–Crippen MR) is 102 cm³/mol. The highest BCUT2D eigenvalue weighted by Gasteiger charge is 2.50. The molecule has 25 heavy (non-hydrogen) atoms. The van der Waals surface area contributed by atoms with Gasteiger partial charge in [0.2, 0.25) is 0 Å². The van der Waals surface area contributed by atoms with E-state index < -0.39 is 0 Å². The van der Waals surface area contributed by atoms with Crippen LogP contribution in [-0.4, -0.2) is 29.2 Å². The van der Waals surface area contributed by atoms with Crippen molar-refractivity contribution in [2.24, 2.45) is 17.8 Å². The van der Waals surface area contributed by atoms with Gasteiger partial charge in [0, 0.05) is 29.5 Å². The third kappa shape index (κ3) is 3.18. The Hall–Kier alpha value is -0.830. The average Bonchev–Trinajstić information content (AvgIpc) is 3.12. The highest BCUT2D eigenvalue weighted by Crippen LogP contribution is 2.52. The molecule has 4 atom stereocenters. The van der Waals surface area contributed by atoms with Gasteiger partial charge in [0.1, 0.15) is 5.76 Å². The van der Waals surface area contributed by atoms with Crippen molar-refractivity contribution in [3.63, 3.8) is 0 Å². The molecule has 4 rings (SSSR count). The fourth-order valence-corrected chi connectivity index (χ4v) is 5.90. The molecule has 0 N–H and O–H groups in total. The molecule has 140 valence electrons. The molecular weight excluding hydrogens is 308 g/mol. The molecule has 3 nitrogen and oxygen atoms in total. The number of rotatable bonds is 2. The molecule has 1 aromatic rings. The quantitative estimate of drug-likeness (QED) is 0.723. The molecule has 0 amide bonds. The fraction of sp³-hybridized carbons (Fsp3) is 0.864. The van der Waals surface area contributed by atoms with Crippen LogP contribution in [0.1, 0.15) is 90.0 Å². The lowest BCUT2D eigenvalue weighted by atomic mass is 9.66. The van der Waals surface area contributed by atoms with Crippen LogP contribution in [0.3, 0.4) is 0 Å². The molecular formula is C22H36N2O. The average molecular weight is 345 g/mol. The fourth-order valence-electron chi connectivity index (χ4n) is 5.90. The minimum Gasteiger partial charge on any atom is -0.361 e. The third-order valence-electron chi connectivity index (χ3n) is 7.61. The second-order valence-electron chi connectivity index (χ2n) is 10.3. The second kappa shape index (κ2) is 6.40. The molecule has 3 fully saturated rings. The molecule has 0 aromatic carbocycles. The normalized spacial score (nSPS) is 39.7. The summed E-state index contributed by atoms with van der Waals surface area (Å²) in [7, 11) is 2.34. The lowest BCUT2D eigenvalue weighted by molar-refractivity contribution is 0.0470. The maximum atomic E-state index is 6.00. The summed E-state index contributed by atoms with van der Waals surface area (Å²) in [4.78, 5) is 2.66. The van der Waals surface area contributed by atoms with E-state index in [9.17, 15) is 0 Å². The summed E-state index contributed by atoms with van der Waals surface area (Å²) in [6.45, 7) is 9.12. The molecule has 3 heteroatoms. The van der Waals surface area contributed by atoms with Crippen LogP contribution in [0.2, 0.25) is 0 Å². The van der Waals surface area contributed by atoms with Gasteiger partial charge in [-0.05, 0) is 56.9 Å². The van der Waals surface area contributed by atoms with Crippen LogP contribution in [0.4, 0.5) is 0 Å². The number of piperidine rings is 1. The van der Waals surface area contributed by atoms with Crippen molar-refractivity contribution in [3.8, 4) is 0 Å². The zero-order valence-electron chi connectivity index (χ0n) is 16.8. The monoisotopic (exact) mass is 344 g/mol. The Balaban J connectivity index is 1.64. The molecule has 2 bridgehead atoms. The summed E-state index contributed by atoms with van der Waals surface area (Å²) >= 11 is 0. The number of aromatic nitrogens is 1. The maximum Gasteiger partial charge on any atom is 0.141 e. The second-order valence-corrected chi connectivity index (χ2v) is 10.3. The zero-order valence-corrected chi connectivity index (χ0v) is 16.8. The summed E-state index contributed by atoms with van der Waals surface area (Å²) < 4.78 is 6.00. The first-order valence-electron chi connectivity index (χ1n) is 10.5. The van der Waals surface area contributed by atoms with E-state index in [1.165, 1.54) is 50.7 Å². The molecule has 0 radical (unpaired) electrons. The lowest BCUT2D eigenvalue weighted by Crippen LogP contribution is -2.47. The number of fused-ring (bicyclic) bond motifs is 2. The summed E-state index contributed by atoms with van der Waals surface area (Å²) in [5.74, 6) is 4.33. The Labute approximate surface area is 153 Å². The summed E-state index contributed by atoms with van der Waals surface area (Å²) in [6, 6.07) is 3.75. The maximum absolute atomic E-state index is 6.00. The first-order chi connectivity index (χ1) is 11.8. The Morgan fingerprint density at radius 2 is 1.80 bits per heavy atom. The Kier molecular flexibility index (Phi) is 4.50. The lowest BCUT2D eigenvalue weighted by Gasteiger charge is -2.46. The molecule has 1 aliphatic carbocycles. The zero-order chi connectivity index (χ0) is 17.8. The molecule has 2 aliphatic heterocycles. The van der Waals surface area contributed by atoms with Gasteiger partial charge in [-0.1, -0.05) is 45.7 Å². The van der Waals surface area contributed by atoms with E-state index >= 15 is 0 Å². The number of hydrogen-bond donors (Lipinski definition) is 0. The van der Waals surface area contributed by atoms with Crippen molar-refractivity contribution in [2.75, 3.05) is 7.05 Å². The minimum atomic E-state index is 0.0658. The van der Waals surface area contributed by atoms with E-state index in [-0.39, 0.29) is 5.41 Å². The number of nitrogens with zero attached hydrogens (tertiary/aromatic N) is 2. The molecule has 1 unspecified atom stereocenters. The third-order valence-corrected chi connectivity index (χ3v) is 7.61. The van der Waals surface area contributed by atoms with Gasteiger partial charge in [-0.25, -0.2) is 0 Å². The predicted octanol–water partition coefficient (Wildman–Crippen LogP) is 5.36. The molecule has 2 saturated heterocycles.